The number of aromatic nitrogens is 3. The van der Waals surface area contributed by atoms with E-state index in [9.17, 15) is 19.2 Å². The van der Waals surface area contributed by atoms with Crippen molar-refractivity contribution in [2.24, 2.45) is 0 Å². The standard InChI is InChI=1S/C36H41N9O4/c1-2-25-19-31-32(40-34(25)47)18-24(21-37-31)23-42-14-16-44(17-15-42)29-6-7-30(38-22-29)35(48)39-26-8-11-43(12-9-26)27-4-3-5-28(20-27)45-13-10-33(46)41-36(45)49/h3-7,18-22,26H,2,8-17,23H2,1H3,(H,39,48)(H,40,47)(H,41,46,49). The molecule has 0 saturated carbocycles. The average Bonchev–Trinajstić information content (AvgIpc) is 3.12. The van der Waals surface area contributed by atoms with Crippen LogP contribution in [-0.2, 0) is 17.8 Å². The molecule has 0 unspecified atom stereocenters. The lowest BCUT2D eigenvalue weighted by atomic mass is 10.0. The van der Waals surface area contributed by atoms with Crippen LogP contribution in [0.4, 0.5) is 21.9 Å². The van der Waals surface area contributed by atoms with Gasteiger partial charge in [0.15, 0.2) is 0 Å². The third-order valence-corrected chi connectivity index (χ3v) is 9.72. The fraction of sp³-hybridized carbons (Fsp3) is 0.389. The van der Waals surface area contributed by atoms with Gasteiger partial charge in [0, 0.05) is 88.0 Å². The molecule has 4 aromatic rings. The number of pyridine rings is 3. The predicted octanol–water partition coefficient (Wildman–Crippen LogP) is 3.05. The lowest BCUT2D eigenvalue weighted by Crippen LogP contribution is -2.49. The number of imide groups is 1. The van der Waals surface area contributed by atoms with Crippen molar-refractivity contribution in [3.05, 3.63) is 88.1 Å². The number of H-pyrrole nitrogens is 1. The van der Waals surface area contributed by atoms with Gasteiger partial charge in [-0.05, 0) is 67.3 Å². The number of nitrogens with one attached hydrogen (secondary N) is 3. The molecule has 13 nitrogen and oxygen atoms in total. The zero-order chi connectivity index (χ0) is 33.9. The molecule has 3 saturated heterocycles. The highest BCUT2D eigenvalue weighted by atomic mass is 16.2. The lowest BCUT2D eigenvalue weighted by Gasteiger charge is -2.36. The van der Waals surface area contributed by atoms with Crippen molar-refractivity contribution in [2.75, 3.05) is 60.5 Å². The van der Waals surface area contributed by atoms with E-state index in [1.807, 2.05) is 55.6 Å². The second kappa shape index (κ2) is 14.0. The number of fused-ring (bicyclic) bond motifs is 1. The molecule has 7 rings (SSSR count). The fourth-order valence-corrected chi connectivity index (χ4v) is 6.86. The SMILES string of the molecule is CCc1cc2ncc(CN3CCN(c4ccc(C(=O)NC5CCN(c6cccc(N7CCC(=O)NC7=O)c6)CC5)nc4)CC3)cc2[nH]c1=O. The van der Waals surface area contributed by atoms with E-state index in [1.54, 1.807) is 17.2 Å². The zero-order valence-corrected chi connectivity index (χ0v) is 27.7. The molecular formula is C36H41N9O4. The Kier molecular flexibility index (Phi) is 9.25. The molecule has 0 spiro atoms. The number of nitrogens with zero attached hydrogens (tertiary/aromatic N) is 6. The number of anilines is 3. The van der Waals surface area contributed by atoms with Gasteiger partial charge in [-0.2, -0.15) is 0 Å². The molecular weight excluding hydrogens is 622 g/mol. The summed E-state index contributed by atoms with van der Waals surface area (Å²) in [4.78, 5) is 69.7. The molecule has 3 aromatic heterocycles. The number of aryl methyl sites for hydroxylation is 1. The molecule has 49 heavy (non-hydrogen) atoms. The number of rotatable bonds is 8. The van der Waals surface area contributed by atoms with E-state index < -0.39 is 6.03 Å². The largest absolute Gasteiger partial charge is 0.371 e. The van der Waals surface area contributed by atoms with Crippen molar-refractivity contribution in [1.29, 1.82) is 0 Å². The zero-order valence-electron chi connectivity index (χ0n) is 27.7. The maximum Gasteiger partial charge on any atom is 0.328 e. The summed E-state index contributed by atoms with van der Waals surface area (Å²) in [5, 5.41) is 5.54. The Labute approximate surface area is 284 Å². The van der Waals surface area contributed by atoms with Crippen LogP contribution in [0.15, 0.2) is 65.7 Å². The molecule has 3 N–H and O–H groups in total. The number of piperazine rings is 1. The molecule has 3 fully saturated rings. The predicted molar refractivity (Wildman–Crippen MR) is 188 cm³/mol. The van der Waals surface area contributed by atoms with Crippen molar-refractivity contribution in [3.63, 3.8) is 0 Å². The van der Waals surface area contributed by atoms with Crippen LogP contribution in [0.25, 0.3) is 11.0 Å². The topological polar surface area (TPSA) is 147 Å². The van der Waals surface area contributed by atoms with Gasteiger partial charge in [-0.25, -0.2) is 9.78 Å². The monoisotopic (exact) mass is 663 g/mol. The van der Waals surface area contributed by atoms with Gasteiger partial charge < -0.3 is 20.1 Å². The van der Waals surface area contributed by atoms with Crippen LogP contribution in [0, 0.1) is 0 Å². The molecule has 1 aromatic carbocycles. The third-order valence-electron chi connectivity index (χ3n) is 9.72. The number of aromatic amines is 1. The number of hydrogen-bond donors (Lipinski definition) is 3. The maximum absolute atomic E-state index is 13.1. The smallest absolute Gasteiger partial charge is 0.328 e. The van der Waals surface area contributed by atoms with Crippen molar-refractivity contribution in [2.45, 2.75) is 45.2 Å². The van der Waals surface area contributed by atoms with Gasteiger partial charge >= 0.3 is 6.03 Å². The Morgan fingerprint density at radius 2 is 1.63 bits per heavy atom. The Morgan fingerprint density at radius 1 is 0.857 bits per heavy atom. The molecule has 0 radical (unpaired) electrons. The number of carbonyl (C=O) groups is 3. The van der Waals surface area contributed by atoms with Crippen molar-refractivity contribution >= 4 is 45.9 Å². The normalized spacial score (nSPS) is 17.8. The Balaban J connectivity index is 0.873. The van der Waals surface area contributed by atoms with Crippen LogP contribution < -0.4 is 30.9 Å². The average molecular weight is 664 g/mol. The van der Waals surface area contributed by atoms with Gasteiger partial charge in [0.05, 0.1) is 22.9 Å². The molecule has 3 aliphatic rings. The van der Waals surface area contributed by atoms with E-state index in [-0.39, 0.29) is 29.8 Å². The van der Waals surface area contributed by atoms with E-state index in [0.717, 1.165) is 97.9 Å². The second-order valence-electron chi connectivity index (χ2n) is 12.9. The second-order valence-corrected chi connectivity index (χ2v) is 12.9. The first-order valence-electron chi connectivity index (χ1n) is 17.0. The van der Waals surface area contributed by atoms with Crippen molar-refractivity contribution in [3.8, 4) is 0 Å². The Hall–Kier alpha value is -5.30. The molecule has 0 bridgehead atoms. The highest BCUT2D eigenvalue weighted by Gasteiger charge is 2.26. The van der Waals surface area contributed by atoms with Gasteiger partial charge in [0.1, 0.15) is 5.69 Å². The number of amides is 4. The summed E-state index contributed by atoms with van der Waals surface area (Å²) in [6.45, 7) is 8.08. The summed E-state index contributed by atoms with van der Waals surface area (Å²) in [7, 11) is 0. The first-order chi connectivity index (χ1) is 23.8. The van der Waals surface area contributed by atoms with E-state index in [0.29, 0.717) is 18.7 Å². The van der Waals surface area contributed by atoms with Gasteiger partial charge in [-0.3, -0.25) is 34.5 Å². The molecule has 0 atom stereocenters. The van der Waals surface area contributed by atoms with Gasteiger partial charge in [-0.1, -0.05) is 13.0 Å². The molecule has 4 amide bonds. The summed E-state index contributed by atoms with van der Waals surface area (Å²) >= 11 is 0. The van der Waals surface area contributed by atoms with Crippen LogP contribution >= 0.6 is 0 Å². The van der Waals surface area contributed by atoms with Crippen molar-refractivity contribution in [1.82, 2.24) is 30.5 Å². The van der Waals surface area contributed by atoms with E-state index in [1.165, 1.54) is 0 Å². The van der Waals surface area contributed by atoms with Crippen LogP contribution in [0.2, 0.25) is 0 Å². The minimum Gasteiger partial charge on any atom is -0.371 e. The molecule has 254 valence electrons. The minimum absolute atomic E-state index is 0.0484. The lowest BCUT2D eigenvalue weighted by molar-refractivity contribution is -0.120. The molecule has 13 heteroatoms. The van der Waals surface area contributed by atoms with Gasteiger partial charge in [0.25, 0.3) is 11.5 Å². The maximum atomic E-state index is 13.1. The van der Waals surface area contributed by atoms with Crippen LogP contribution in [0.5, 0.6) is 0 Å². The minimum atomic E-state index is -0.392. The van der Waals surface area contributed by atoms with E-state index in [2.05, 4.69) is 40.3 Å². The number of hydrogen-bond acceptors (Lipinski definition) is 9. The van der Waals surface area contributed by atoms with E-state index >= 15 is 0 Å². The summed E-state index contributed by atoms with van der Waals surface area (Å²) < 4.78 is 0. The Morgan fingerprint density at radius 3 is 2.37 bits per heavy atom. The number of piperidine rings is 1. The van der Waals surface area contributed by atoms with Crippen molar-refractivity contribution < 1.29 is 14.4 Å². The fourth-order valence-electron chi connectivity index (χ4n) is 6.86. The van der Waals surface area contributed by atoms with Crippen LogP contribution in [0.1, 0.15) is 47.8 Å². The number of benzene rings is 1. The summed E-state index contributed by atoms with van der Waals surface area (Å²) in [6.07, 6.45) is 6.23. The highest BCUT2D eigenvalue weighted by molar-refractivity contribution is 6.05. The molecule has 3 aliphatic heterocycles. The third kappa shape index (κ3) is 7.26. The first kappa shape index (κ1) is 32.3. The summed E-state index contributed by atoms with van der Waals surface area (Å²) in [6, 6.07) is 15.1. The van der Waals surface area contributed by atoms with Gasteiger partial charge in [0.2, 0.25) is 5.91 Å². The molecule has 0 aliphatic carbocycles. The van der Waals surface area contributed by atoms with Gasteiger partial charge in [-0.15, -0.1) is 0 Å². The highest BCUT2D eigenvalue weighted by Crippen LogP contribution is 2.27. The quantitative estimate of drug-likeness (QED) is 0.259. The number of urea groups is 1. The summed E-state index contributed by atoms with van der Waals surface area (Å²) in [5.41, 5.74) is 6.53. The number of carbonyl (C=O) groups excluding carboxylic acids is 3. The van der Waals surface area contributed by atoms with Crippen LogP contribution in [-0.4, -0.2) is 89.6 Å². The first-order valence-corrected chi connectivity index (χ1v) is 17.0. The van der Waals surface area contributed by atoms with Crippen LogP contribution in [0.3, 0.4) is 0 Å². The summed E-state index contributed by atoms with van der Waals surface area (Å²) in [5.74, 6) is -0.417. The molecule has 6 heterocycles. The Bertz CT molecular complexity index is 1910. The van der Waals surface area contributed by atoms with E-state index in [4.69, 9.17) is 0 Å².